The molecular weight excluding hydrogens is 242 g/mol. The Kier molecular flexibility index (Phi) is 3.21. The van der Waals surface area contributed by atoms with Crippen molar-refractivity contribution in [2.75, 3.05) is 13.2 Å². The van der Waals surface area contributed by atoms with Crippen LogP contribution in [0.15, 0.2) is 24.4 Å². The second kappa shape index (κ2) is 5.01. The van der Waals surface area contributed by atoms with Gasteiger partial charge in [-0.1, -0.05) is 6.07 Å². The summed E-state index contributed by atoms with van der Waals surface area (Å²) in [5.41, 5.74) is 2.15. The molecule has 0 unspecified atom stereocenters. The zero-order chi connectivity index (χ0) is 13.2. The number of imidazole rings is 1. The van der Waals surface area contributed by atoms with Crippen LogP contribution in [0.25, 0.3) is 5.65 Å². The van der Waals surface area contributed by atoms with E-state index >= 15 is 0 Å². The molecule has 0 radical (unpaired) electrons. The van der Waals surface area contributed by atoms with Crippen molar-refractivity contribution in [2.45, 2.75) is 25.9 Å². The molecule has 1 aliphatic heterocycles. The lowest BCUT2D eigenvalue weighted by molar-refractivity contribution is 0.0852. The van der Waals surface area contributed by atoms with Crippen LogP contribution in [0, 0.1) is 6.92 Å². The van der Waals surface area contributed by atoms with Crippen molar-refractivity contribution in [3.63, 3.8) is 0 Å². The van der Waals surface area contributed by atoms with E-state index in [0.29, 0.717) is 12.2 Å². The molecule has 100 valence electrons. The smallest absolute Gasteiger partial charge is 0.270 e. The topological polar surface area (TPSA) is 55.6 Å². The van der Waals surface area contributed by atoms with Crippen molar-refractivity contribution in [2.24, 2.45) is 0 Å². The molecule has 1 atom stereocenters. The average molecular weight is 259 g/mol. The van der Waals surface area contributed by atoms with E-state index in [9.17, 15) is 4.79 Å². The molecule has 2 aromatic heterocycles. The normalized spacial score (nSPS) is 18.9. The number of aryl methyl sites for hydroxylation is 1. The molecule has 0 bridgehead atoms. The first-order valence-electron chi connectivity index (χ1n) is 6.59. The van der Waals surface area contributed by atoms with Crippen molar-refractivity contribution in [1.29, 1.82) is 0 Å². The lowest BCUT2D eigenvalue weighted by Crippen LogP contribution is -2.32. The Labute approximate surface area is 111 Å². The number of hydrogen-bond acceptors (Lipinski definition) is 3. The van der Waals surface area contributed by atoms with E-state index in [4.69, 9.17) is 4.74 Å². The van der Waals surface area contributed by atoms with E-state index in [0.717, 1.165) is 30.8 Å². The number of pyridine rings is 1. The van der Waals surface area contributed by atoms with E-state index in [2.05, 4.69) is 10.3 Å². The Hall–Kier alpha value is -1.88. The highest BCUT2D eigenvalue weighted by atomic mass is 16.5. The Bertz CT molecular complexity index is 600. The van der Waals surface area contributed by atoms with Crippen LogP contribution in [0.2, 0.25) is 0 Å². The van der Waals surface area contributed by atoms with Gasteiger partial charge in [-0.25, -0.2) is 4.98 Å². The van der Waals surface area contributed by atoms with Crippen molar-refractivity contribution in [1.82, 2.24) is 14.7 Å². The summed E-state index contributed by atoms with van der Waals surface area (Å²) in [5.74, 6) is -0.0910. The van der Waals surface area contributed by atoms with Gasteiger partial charge in [-0.05, 0) is 31.9 Å². The van der Waals surface area contributed by atoms with Gasteiger partial charge < -0.3 is 10.1 Å². The van der Waals surface area contributed by atoms with Gasteiger partial charge >= 0.3 is 0 Å². The summed E-state index contributed by atoms with van der Waals surface area (Å²) < 4.78 is 7.32. The van der Waals surface area contributed by atoms with Gasteiger partial charge in [-0.15, -0.1) is 0 Å². The molecule has 19 heavy (non-hydrogen) atoms. The third kappa shape index (κ3) is 2.33. The summed E-state index contributed by atoms with van der Waals surface area (Å²) in [6.45, 7) is 3.22. The Balaban J connectivity index is 1.79. The van der Waals surface area contributed by atoms with Crippen molar-refractivity contribution in [3.05, 3.63) is 35.8 Å². The fourth-order valence-corrected chi connectivity index (χ4v) is 2.48. The van der Waals surface area contributed by atoms with Crippen LogP contribution in [0.1, 0.15) is 29.0 Å². The van der Waals surface area contributed by atoms with Crippen LogP contribution in [0.4, 0.5) is 0 Å². The minimum Gasteiger partial charge on any atom is -0.376 e. The molecule has 0 spiro atoms. The highest BCUT2D eigenvalue weighted by Crippen LogP contribution is 2.13. The number of fused-ring (bicyclic) bond motifs is 1. The maximum Gasteiger partial charge on any atom is 0.270 e. The van der Waals surface area contributed by atoms with Crippen molar-refractivity contribution >= 4 is 11.6 Å². The number of carbonyl (C=O) groups is 1. The average Bonchev–Trinajstić information content (AvgIpc) is 3.02. The van der Waals surface area contributed by atoms with Crippen molar-refractivity contribution < 1.29 is 9.53 Å². The van der Waals surface area contributed by atoms with Gasteiger partial charge in [-0.3, -0.25) is 9.20 Å². The van der Waals surface area contributed by atoms with Crippen LogP contribution < -0.4 is 5.32 Å². The second-order valence-corrected chi connectivity index (χ2v) is 4.82. The van der Waals surface area contributed by atoms with E-state index in [1.807, 2.05) is 35.7 Å². The maximum absolute atomic E-state index is 12.3. The van der Waals surface area contributed by atoms with Gasteiger partial charge in [0, 0.05) is 19.3 Å². The number of ether oxygens (including phenoxy) is 1. The number of nitrogens with zero attached hydrogens (tertiary/aromatic N) is 2. The van der Waals surface area contributed by atoms with Crippen molar-refractivity contribution in [3.8, 4) is 0 Å². The van der Waals surface area contributed by atoms with E-state index in [-0.39, 0.29) is 12.0 Å². The molecule has 0 saturated carbocycles. The monoisotopic (exact) mass is 259 g/mol. The molecular formula is C14H17N3O2. The molecule has 0 aromatic carbocycles. The minimum atomic E-state index is -0.0910. The maximum atomic E-state index is 12.3. The number of hydrogen-bond donors (Lipinski definition) is 1. The van der Waals surface area contributed by atoms with E-state index in [1.54, 1.807) is 0 Å². The molecule has 0 aliphatic carbocycles. The number of nitrogens with one attached hydrogen (secondary N) is 1. The molecule has 5 heteroatoms. The zero-order valence-electron chi connectivity index (χ0n) is 10.9. The third-order valence-electron chi connectivity index (χ3n) is 3.43. The molecule has 1 N–H and O–H groups in total. The number of aromatic nitrogens is 2. The first kappa shape index (κ1) is 12.2. The lowest BCUT2D eigenvalue weighted by atomic mass is 10.2. The second-order valence-electron chi connectivity index (χ2n) is 4.82. The van der Waals surface area contributed by atoms with Crippen LogP contribution in [0.3, 0.4) is 0 Å². The van der Waals surface area contributed by atoms with Crippen LogP contribution >= 0.6 is 0 Å². The van der Waals surface area contributed by atoms with Gasteiger partial charge in [-0.2, -0.15) is 0 Å². The highest BCUT2D eigenvalue weighted by Gasteiger charge is 2.19. The predicted octanol–water partition coefficient (Wildman–Crippen LogP) is 1.55. The standard InChI is InChI=1S/C14H17N3O2/c1-10-13(17-7-3-2-6-12(17)16-10)14(18)15-9-11-5-4-8-19-11/h2-3,6-7,11H,4-5,8-9H2,1H3,(H,15,18)/t11-/m0/s1. The highest BCUT2D eigenvalue weighted by molar-refractivity contribution is 5.94. The van der Waals surface area contributed by atoms with Gasteiger partial charge in [0.2, 0.25) is 0 Å². The van der Waals surface area contributed by atoms with Gasteiger partial charge in [0.05, 0.1) is 11.8 Å². The lowest BCUT2D eigenvalue weighted by Gasteiger charge is -2.10. The summed E-state index contributed by atoms with van der Waals surface area (Å²) in [6.07, 6.45) is 4.11. The molecule has 1 fully saturated rings. The summed E-state index contributed by atoms with van der Waals surface area (Å²) in [5, 5.41) is 2.94. The summed E-state index contributed by atoms with van der Waals surface area (Å²) >= 11 is 0. The first-order chi connectivity index (χ1) is 9.25. The quantitative estimate of drug-likeness (QED) is 0.910. The molecule has 3 rings (SSSR count). The van der Waals surface area contributed by atoms with Gasteiger partial charge in [0.25, 0.3) is 5.91 Å². The third-order valence-corrected chi connectivity index (χ3v) is 3.43. The Morgan fingerprint density at radius 1 is 1.58 bits per heavy atom. The fraction of sp³-hybridized carbons (Fsp3) is 0.429. The van der Waals surface area contributed by atoms with Crippen LogP contribution in [-0.4, -0.2) is 34.5 Å². The summed E-state index contributed by atoms with van der Waals surface area (Å²) in [7, 11) is 0. The molecule has 1 saturated heterocycles. The van der Waals surface area contributed by atoms with Gasteiger partial charge in [0.1, 0.15) is 11.3 Å². The molecule has 3 heterocycles. The number of carbonyl (C=O) groups excluding carboxylic acids is 1. The first-order valence-corrected chi connectivity index (χ1v) is 6.59. The van der Waals surface area contributed by atoms with E-state index < -0.39 is 0 Å². The van der Waals surface area contributed by atoms with Crippen LogP contribution in [0.5, 0.6) is 0 Å². The van der Waals surface area contributed by atoms with Gasteiger partial charge in [0.15, 0.2) is 0 Å². The summed E-state index contributed by atoms with van der Waals surface area (Å²) in [6, 6.07) is 5.70. The SMILES string of the molecule is Cc1nc2ccccn2c1C(=O)NC[C@@H]1CCCO1. The molecule has 1 amide bonds. The molecule has 2 aromatic rings. The number of rotatable bonds is 3. The predicted molar refractivity (Wildman–Crippen MR) is 71.2 cm³/mol. The minimum absolute atomic E-state index is 0.0910. The zero-order valence-corrected chi connectivity index (χ0v) is 10.9. The Morgan fingerprint density at radius 3 is 3.26 bits per heavy atom. The fourth-order valence-electron chi connectivity index (χ4n) is 2.48. The van der Waals surface area contributed by atoms with Crippen LogP contribution in [-0.2, 0) is 4.74 Å². The van der Waals surface area contributed by atoms with E-state index in [1.165, 1.54) is 0 Å². The molecule has 5 nitrogen and oxygen atoms in total. The largest absolute Gasteiger partial charge is 0.376 e. The Morgan fingerprint density at radius 2 is 2.47 bits per heavy atom. The molecule has 1 aliphatic rings. The number of amides is 1. The summed E-state index contributed by atoms with van der Waals surface area (Å²) in [4.78, 5) is 16.7.